The van der Waals surface area contributed by atoms with Crippen LogP contribution < -0.4 is 5.56 Å². The zero-order valence-corrected chi connectivity index (χ0v) is 31.8. The van der Waals surface area contributed by atoms with E-state index < -0.39 is 5.41 Å². The maximum absolute atomic E-state index is 14.1. The number of pyridine rings is 1. The van der Waals surface area contributed by atoms with Crippen molar-refractivity contribution in [3.63, 3.8) is 0 Å². The highest BCUT2D eigenvalue weighted by molar-refractivity contribution is 6.20. The third-order valence-corrected chi connectivity index (χ3v) is 13.7. The summed E-state index contributed by atoms with van der Waals surface area (Å²) in [4.78, 5) is 14.1. The van der Waals surface area contributed by atoms with Gasteiger partial charge in [0.05, 0.1) is 27.5 Å². The maximum Gasteiger partial charge on any atom is 0.263 e. The normalized spacial score (nSPS) is 15.3. The third kappa shape index (κ3) is 3.77. The standard InChI is InChI=1S/C56H32N2O/c59-55-45-17-2-1-12-36(45)43-18-11-19-44-46-30-33(25-29-53(46)58(55)54(43)44)34-24-27-39-37-13-3-7-20-47(37)56(49(39)31-34)48-21-8-4-14-38(48)40-28-26-35(32-50(40)56)57-51-22-9-5-15-41(51)42-16-6-10-23-52(42)57/h1-32H. The van der Waals surface area contributed by atoms with Gasteiger partial charge >= 0.3 is 0 Å². The molecular weight excluding hydrogens is 717 g/mol. The molecule has 12 aromatic rings. The fourth-order valence-electron chi connectivity index (χ4n) is 11.3. The van der Waals surface area contributed by atoms with Crippen LogP contribution in [0, 0.1) is 0 Å². The van der Waals surface area contributed by atoms with Crippen LogP contribution in [0.5, 0.6) is 0 Å². The average molecular weight is 749 g/mol. The molecule has 0 N–H and O–H groups in total. The molecule has 0 saturated heterocycles. The summed E-state index contributed by atoms with van der Waals surface area (Å²) in [5.41, 5.74) is 17.7. The van der Waals surface area contributed by atoms with Crippen molar-refractivity contribution in [2.24, 2.45) is 0 Å². The molecule has 0 saturated carbocycles. The fraction of sp³-hybridized carbons (Fsp3) is 0.0179. The third-order valence-electron chi connectivity index (χ3n) is 13.7. The minimum absolute atomic E-state index is 0.0307. The van der Waals surface area contributed by atoms with Gasteiger partial charge in [0.15, 0.2) is 0 Å². The number of rotatable bonds is 2. The first kappa shape index (κ1) is 31.3. The van der Waals surface area contributed by atoms with Crippen LogP contribution in [0.4, 0.5) is 0 Å². The number of hydrogen-bond acceptors (Lipinski definition) is 1. The lowest BCUT2D eigenvalue weighted by Crippen LogP contribution is -2.26. The molecule has 0 fully saturated rings. The highest BCUT2D eigenvalue weighted by Crippen LogP contribution is 2.63. The minimum atomic E-state index is -0.519. The van der Waals surface area contributed by atoms with Gasteiger partial charge in [-0.05, 0) is 110 Å². The lowest BCUT2D eigenvalue weighted by atomic mass is 9.70. The van der Waals surface area contributed by atoms with Gasteiger partial charge in [0.25, 0.3) is 5.56 Å². The Balaban J connectivity index is 1.04. The van der Waals surface area contributed by atoms with Gasteiger partial charge in [0.1, 0.15) is 0 Å². The van der Waals surface area contributed by atoms with E-state index in [-0.39, 0.29) is 5.56 Å². The molecule has 59 heavy (non-hydrogen) atoms. The Labute approximate surface area is 338 Å². The van der Waals surface area contributed by atoms with Gasteiger partial charge in [0.2, 0.25) is 0 Å². The van der Waals surface area contributed by atoms with Crippen molar-refractivity contribution >= 4 is 59.8 Å². The van der Waals surface area contributed by atoms with Crippen LogP contribution in [0.1, 0.15) is 22.3 Å². The largest absolute Gasteiger partial charge is 0.309 e. The number of fused-ring (bicyclic) bond motifs is 18. The van der Waals surface area contributed by atoms with Gasteiger partial charge in [-0.2, -0.15) is 0 Å². The molecule has 3 aromatic heterocycles. The van der Waals surface area contributed by atoms with Gasteiger partial charge in [-0.25, -0.2) is 0 Å². The second kappa shape index (κ2) is 11.0. The monoisotopic (exact) mass is 748 g/mol. The molecule has 3 heterocycles. The summed E-state index contributed by atoms with van der Waals surface area (Å²) in [6, 6.07) is 70.9. The number of benzene rings is 9. The van der Waals surface area contributed by atoms with E-state index in [4.69, 9.17) is 0 Å². The lowest BCUT2D eigenvalue weighted by Gasteiger charge is -2.31. The average Bonchev–Trinajstić information content (AvgIpc) is 4.00. The summed E-state index contributed by atoms with van der Waals surface area (Å²) in [5.74, 6) is 0. The molecule has 14 rings (SSSR count). The van der Waals surface area contributed by atoms with E-state index in [0.29, 0.717) is 0 Å². The van der Waals surface area contributed by atoms with Crippen LogP contribution in [0.2, 0.25) is 0 Å². The lowest BCUT2D eigenvalue weighted by molar-refractivity contribution is 0.793. The van der Waals surface area contributed by atoms with Gasteiger partial charge in [-0.3, -0.25) is 9.20 Å². The predicted octanol–water partition coefficient (Wildman–Crippen LogP) is 13.3. The number of hydrogen-bond donors (Lipinski definition) is 0. The molecule has 9 aromatic carbocycles. The summed E-state index contributed by atoms with van der Waals surface area (Å²) in [7, 11) is 0. The van der Waals surface area contributed by atoms with E-state index in [9.17, 15) is 4.79 Å². The van der Waals surface area contributed by atoms with Gasteiger partial charge in [-0.15, -0.1) is 0 Å². The molecule has 0 aliphatic heterocycles. The smallest absolute Gasteiger partial charge is 0.263 e. The minimum Gasteiger partial charge on any atom is -0.309 e. The van der Waals surface area contributed by atoms with Crippen molar-refractivity contribution in [2.75, 3.05) is 0 Å². The highest BCUT2D eigenvalue weighted by atomic mass is 16.1. The SMILES string of the molecule is O=c1c2ccccc2c2cccc3c4cc(-c5ccc6c(c5)C5(c7ccccc7-6)c6ccccc6-c6ccc(-n7c8ccccc8c8ccccc87)cc65)ccc4n1c23. The van der Waals surface area contributed by atoms with Crippen LogP contribution in [0.25, 0.3) is 98.8 Å². The van der Waals surface area contributed by atoms with E-state index in [0.717, 1.165) is 54.8 Å². The van der Waals surface area contributed by atoms with Crippen LogP contribution in [0.3, 0.4) is 0 Å². The van der Waals surface area contributed by atoms with E-state index in [1.807, 2.05) is 22.6 Å². The Morgan fingerprint density at radius 2 is 0.847 bits per heavy atom. The molecule has 0 radical (unpaired) electrons. The van der Waals surface area contributed by atoms with Gasteiger partial charge in [0, 0.05) is 38.0 Å². The maximum atomic E-state index is 14.1. The Morgan fingerprint density at radius 3 is 1.56 bits per heavy atom. The van der Waals surface area contributed by atoms with E-state index in [1.165, 1.54) is 66.3 Å². The van der Waals surface area contributed by atoms with Crippen molar-refractivity contribution in [1.29, 1.82) is 0 Å². The second-order valence-corrected chi connectivity index (χ2v) is 16.3. The summed E-state index contributed by atoms with van der Waals surface area (Å²) >= 11 is 0. The number of nitrogens with zero attached hydrogens (tertiary/aromatic N) is 2. The fourth-order valence-corrected chi connectivity index (χ4v) is 11.3. The van der Waals surface area contributed by atoms with Crippen LogP contribution in [-0.4, -0.2) is 8.97 Å². The summed E-state index contributed by atoms with van der Waals surface area (Å²) in [6.07, 6.45) is 0. The Kier molecular flexibility index (Phi) is 5.85. The first-order valence-corrected chi connectivity index (χ1v) is 20.4. The van der Waals surface area contributed by atoms with Gasteiger partial charge < -0.3 is 4.57 Å². The molecule has 1 spiro atoms. The summed E-state index contributed by atoms with van der Waals surface area (Å²) in [6.45, 7) is 0. The molecule has 272 valence electrons. The summed E-state index contributed by atoms with van der Waals surface area (Å²) in [5, 5.41) is 7.56. The van der Waals surface area contributed by atoms with Crippen molar-refractivity contribution in [2.45, 2.75) is 5.41 Å². The Hall–Kier alpha value is -7.75. The first-order chi connectivity index (χ1) is 29.2. The van der Waals surface area contributed by atoms with E-state index >= 15 is 0 Å². The van der Waals surface area contributed by atoms with Crippen molar-refractivity contribution in [3.05, 3.63) is 227 Å². The first-order valence-electron chi connectivity index (χ1n) is 20.4. The van der Waals surface area contributed by atoms with Crippen molar-refractivity contribution < 1.29 is 0 Å². The second-order valence-electron chi connectivity index (χ2n) is 16.3. The number of aromatic nitrogens is 2. The molecule has 1 atom stereocenters. The Bertz CT molecular complexity index is 3820. The highest BCUT2D eigenvalue weighted by Gasteiger charge is 2.51. The zero-order valence-electron chi connectivity index (χ0n) is 31.8. The topological polar surface area (TPSA) is 26.4 Å². The van der Waals surface area contributed by atoms with Crippen molar-refractivity contribution in [3.8, 4) is 39.1 Å². The van der Waals surface area contributed by atoms with Crippen LogP contribution in [-0.2, 0) is 5.41 Å². The molecule has 2 aliphatic rings. The number of para-hydroxylation sites is 3. The Morgan fingerprint density at radius 1 is 0.339 bits per heavy atom. The molecule has 0 amide bonds. The van der Waals surface area contributed by atoms with E-state index in [2.05, 4.69) is 180 Å². The predicted molar refractivity (Wildman–Crippen MR) is 243 cm³/mol. The molecule has 3 nitrogen and oxygen atoms in total. The quantitative estimate of drug-likeness (QED) is 0.162. The van der Waals surface area contributed by atoms with Crippen molar-refractivity contribution in [1.82, 2.24) is 8.97 Å². The molecule has 0 bridgehead atoms. The molecular formula is C56H32N2O. The molecule has 2 aliphatic carbocycles. The zero-order chi connectivity index (χ0) is 38.6. The summed E-state index contributed by atoms with van der Waals surface area (Å²) < 4.78 is 4.37. The van der Waals surface area contributed by atoms with E-state index in [1.54, 1.807) is 0 Å². The van der Waals surface area contributed by atoms with Gasteiger partial charge in [-0.1, -0.05) is 146 Å². The van der Waals surface area contributed by atoms with Crippen LogP contribution >= 0.6 is 0 Å². The molecule has 3 heteroatoms. The molecule has 1 unspecified atom stereocenters. The van der Waals surface area contributed by atoms with Crippen LogP contribution in [0.15, 0.2) is 199 Å².